The highest BCUT2D eigenvalue weighted by Crippen LogP contribution is 2.33. The fraction of sp³-hybridized carbons (Fsp3) is 0.866. The molecule has 0 bridgehead atoms. The zero-order valence-corrected chi connectivity index (χ0v) is 63.1. The summed E-state index contributed by atoms with van der Waals surface area (Å²) >= 11 is 0. The monoisotopic (exact) mass is 1440 g/mol. The molecule has 590 valence electrons. The van der Waals surface area contributed by atoms with Crippen molar-refractivity contribution >= 4 is 5.91 Å². The van der Waals surface area contributed by atoms with Crippen molar-refractivity contribution in [3.8, 4) is 0 Å². The summed E-state index contributed by atoms with van der Waals surface area (Å²) in [6.07, 6.45) is 54.0. The lowest BCUT2D eigenvalue weighted by atomic mass is 9.96. The molecule has 3 saturated heterocycles. The zero-order chi connectivity index (χ0) is 73.2. The van der Waals surface area contributed by atoms with E-state index >= 15 is 0 Å². The third-order valence-electron chi connectivity index (χ3n) is 20.3. The number of ether oxygens (including phenoxy) is 6. The number of unbranched alkanes of at least 4 members (excludes halogenated alkanes) is 41. The Bertz CT molecular complexity index is 2060. The van der Waals surface area contributed by atoms with Gasteiger partial charge in [0.05, 0.1) is 38.6 Å². The van der Waals surface area contributed by atoms with E-state index in [-0.39, 0.29) is 18.9 Å². The van der Waals surface area contributed by atoms with E-state index in [1.165, 1.54) is 238 Å². The highest BCUT2D eigenvalue weighted by atomic mass is 16.8. The van der Waals surface area contributed by atoms with Gasteiger partial charge in [0.2, 0.25) is 5.91 Å². The standard InChI is InChI=1S/C82H149NO18/c1-3-5-7-9-11-13-15-17-19-20-21-22-23-24-25-26-27-28-29-30-31-32-33-34-35-36-37-38-39-40-41-42-43-44-46-48-50-52-54-56-58-60-70(88)83-65(66(87)59-57-55-53-51-49-47-45-18-16-14-12-10-8-6-4-2)64-96-80-76(94)73(91)78(68(62-85)98-80)101-82-77(95)74(92)79(69(63-86)99-82)100-81-75(93)72(90)71(89)67(61-84)97-81/h15-18,20-21,49,51,57,59,65-69,71-82,84-87,89-95H,3-14,19,22-48,50,52-56,58,60-64H2,1-2H3,(H,83,88)/b17-15-,18-16+,21-20-,51-49+,59-57+. The molecule has 12 N–H and O–H groups in total. The van der Waals surface area contributed by atoms with E-state index < -0.39 is 124 Å². The van der Waals surface area contributed by atoms with Crippen LogP contribution >= 0.6 is 0 Å². The van der Waals surface area contributed by atoms with Crippen molar-refractivity contribution in [2.75, 3.05) is 26.4 Å². The molecule has 0 saturated carbocycles. The summed E-state index contributed by atoms with van der Waals surface area (Å²) in [5.41, 5.74) is 0. The van der Waals surface area contributed by atoms with E-state index in [9.17, 15) is 61.0 Å². The van der Waals surface area contributed by atoms with Gasteiger partial charge in [-0.25, -0.2) is 0 Å². The van der Waals surface area contributed by atoms with E-state index in [1.807, 2.05) is 6.08 Å². The minimum Gasteiger partial charge on any atom is -0.394 e. The molecule has 0 aromatic rings. The summed E-state index contributed by atoms with van der Waals surface area (Å²) in [7, 11) is 0. The van der Waals surface area contributed by atoms with Gasteiger partial charge in [-0.3, -0.25) is 4.79 Å². The Balaban J connectivity index is 1.28. The molecule has 0 aliphatic carbocycles. The van der Waals surface area contributed by atoms with Crippen LogP contribution < -0.4 is 5.32 Å². The minimum atomic E-state index is -1.98. The third-order valence-corrected chi connectivity index (χ3v) is 20.3. The number of nitrogens with one attached hydrogen (secondary N) is 1. The molecule has 0 aromatic carbocycles. The van der Waals surface area contributed by atoms with Gasteiger partial charge < -0.3 is 89.9 Å². The molecule has 0 spiro atoms. The average Bonchev–Trinajstić information content (AvgIpc) is 0.782. The first-order valence-electron chi connectivity index (χ1n) is 41.0. The summed E-state index contributed by atoms with van der Waals surface area (Å²) in [5.74, 6) is -0.286. The first-order valence-corrected chi connectivity index (χ1v) is 41.0. The molecule has 17 atom stereocenters. The molecule has 3 heterocycles. The van der Waals surface area contributed by atoms with Crippen LogP contribution in [-0.2, 0) is 33.2 Å². The van der Waals surface area contributed by atoms with E-state index in [0.717, 1.165) is 51.4 Å². The minimum absolute atomic E-state index is 0.234. The van der Waals surface area contributed by atoms with Crippen LogP contribution in [0.15, 0.2) is 60.8 Å². The second-order valence-corrected chi connectivity index (χ2v) is 29.2. The summed E-state index contributed by atoms with van der Waals surface area (Å²) in [5, 5.41) is 121. The van der Waals surface area contributed by atoms with Crippen LogP contribution in [0.25, 0.3) is 0 Å². The number of rotatable bonds is 65. The summed E-state index contributed by atoms with van der Waals surface area (Å²) in [4.78, 5) is 13.4. The van der Waals surface area contributed by atoms with E-state index in [2.05, 4.69) is 67.8 Å². The maximum absolute atomic E-state index is 13.4. The van der Waals surface area contributed by atoms with Crippen LogP contribution in [-0.4, -0.2) is 193 Å². The maximum atomic E-state index is 13.4. The maximum Gasteiger partial charge on any atom is 0.220 e. The van der Waals surface area contributed by atoms with Crippen LogP contribution in [0, 0.1) is 0 Å². The van der Waals surface area contributed by atoms with Crippen molar-refractivity contribution in [2.24, 2.45) is 0 Å². The van der Waals surface area contributed by atoms with Gasteiger partial charge in [0.25, 0.3) is 0 Å². The summed E-state index contributed by atoms with van der Waals surface area (Å²) < 4.78 is 34.4. The molecule has 19 nitrogen and oxygen atoms in total. The fourth-order valence-corrected chi connectivity index (χ4v) is 13.7. The Labute approximate surface area is 611 Å². The van der Waals surface area contributed by atoms with E-state index in [4.69, 9.17) is 28.4 Å². The van der Waals surface area contributed by atoms with Crippen molar-refractivity contribution in [3.05, 3.63) is 60.8 Å². The second kappa shape index (κ2) is 62.5. The molecule has 0 radical (unpaired) electrons. The Hall–Kier alpha value is -2.51. The van der Waals surface area contributed by atoms with Gasteiger partial charge in [-0.05, 0) is 77.0 Å². The van der Waals surface area contributed by atoms with Crippen molar-refractivity contribution < 1.29 is 89.4 Å². The molecular formula is C82H149NO18. The van der Waals surface area contributed by atoms with Gasteiger partial charge in [0.15, 0.2) is 18.9 Å². The predicted octanol–water partition coefficient (Wildman–Crippen LogP) is 13.8. The van der Waals surface area contributed by atoms with Crippen LogP contribution in [0.1, 0.15) is 322 Å². The topological polar surface area (TPSA) is 307 Å². The molecule has 3 aliphatic rings. The normalized spacial score (nSPS) is 26.6. The van der Waals surface area contributed by atoms with Gasteiger partial charge in [-0.15, -0.1) is 0 Å². The molecule has 101 heavy (non-hydrogen) atoms. The number of aliphatic hydroxyl groups excluding tert-OH is 11. The van der Waals surface area contributed by atoms with Crippen molar-refractivity contribution in [3.63, 3.8) is 0 Å². The van der Waals surface area contributed by atoms with Crippen LogP contribution in [0.5, 0.6) is 0 Å². The SMILES string of the molecule is CCCCCCC/C=C\C/C=C\CCCCCCCCCCCCCCCCCCCCCCCCCCCCCCCC(=O)NC(COC1OC(CO)C(OC2OC(CO)C(OC3OC(CO)C(O)C(O)C3O)C(O)C2O)C(O)C1O)C(O)/C=C/CC/C=C/CC/C=C/CCCCCCC. The van der Waals surface area contributed by atoms with Crippen molar-refractivity contribution in [2.45, 2.75) is 426 Å². The Morgan fingerprint density at radius 3 is 1.05 bits per heavy atom. The predicted molar refractivity (Wildman–Crippen MR) is 402 cm³/mol. The Morgan fingerprint density at radius 1 is 0.356 bits per heavy atom. The Kier molecular flexibility index (Phi) is 57.4. The quantitative estimate of drug-likeness (QED) is 0.0199. The van der Waals surface area contributed by atoms with Gasteiger partial charge in [0, 0.05) is 6.42 Å². The second-order valence-electron chi connectivity index (χ2n) is 29.2. The molecule has 3 fully saturated rings. The Morgan fingerprint density at radius 2 is 0.663 bits per heavy atom. The lowest BCUT2D eigenvalue weighted by Gasteiger charge is -2.48. The van der Waals surface area contributed by atoms with Crippen LogP contribution in [0.3, 0.4) is 0 Å². The molecular weight excluding hydrogens is 1290 g/mol. The van der Waals surface area contributed by atoms with Gasteiger partial charge in [-0.2, -0.15) is 0 Å². The van der Waals surface area contributed by atoms with Crippen LogP contribution in [0.4, 0.5) is 0 Å². The highest BCUT2D eigenvalue weighted by molar-refractivity contribution is 5.76. The fourth-order valence-electron chi connectivity index (χ4n) is 13.7. The first kappa shape index (κ1) is 92.7. The van der Waals surface area contributed by atoms with Crippen LogP contribution in [0.2, 0.25) is 0 Å². The van der Waals surface area contributed by atoms with Gasteiger partial charge in [0.1, 0.15) is 73.2 Å². The number of allylic oxidation sites excluding steroid dienone is 9. The molecule has 19 heteroatoms. The average molecular weight is 1440 g/mol. The lowest BCUT2D eigenvalue weighted by molar-refractivity contribution is -0.379. The number of aliphatic hydroxyl groups is 11. The summed E-state index contributed by atoms with van der Waals surface area (Å²) in [6.45, 7) is 1.70. The van der Waals surface area contributed by atoms with Gasteiger partial charge in [-0.1, -0.05) is 299 Å². The molecule has 1 amide bonds. The smallest absolute Gasteiger partial charge is 0.220 e. The largest absolute Gasteiger partial charge is 0.394 e. The highest BCUT2D eigenvalue weighted by Gasteiger charge is 2.54. The van der Waals surface area contributed by atoms with E-state index in [1.54, 1.807) is 6.08 Å². The zero-order valence-electron chi connectivity index (χ0n) is 63.1. The lowest BCUT2D eigenvalue weighted by Crippen LogP contribution is -2.66. The van der Waals surface area contributed by atoms with Crippen molar-refractivity contribution in [1.82, 2.24) is 5.32 Å². The summed E-state index contributed by atoms with van der Waals surface area (Å²) in [6, 6.07) is -0.996. The molecule has 17 unspecified atom stereocenters. The number of hydrogen-bond donors (Lipinski definition) is 12. The number of carbonyl (C=O) groups is 1. The van der Waals surface area contributed by atoms with Gasteiger partial charge >= 0.3 is 0 Å². The number of amides is 1. The molecule has 3 aliphatic heterocycles. The first-order chi connectivity index (χ1) is 49.3. The van der Waals surface area contributed by atoms with E-state index in [0.29, 0.717) is 12.8 Å². The molecule has 3 rings (SSSR count). The third kappa shape index (κ3) is 42.6. The number of hydrogen-bond acceptors (Lipinski definition) is 18. The van der Waals surface area contributed by atoms with Crippen molar-refractivity contribution in [1.29, 1.82) is 0 Å². The number of carbonyl (C=O) groups excluding carboxylic acids is 1. The molecule has 0 aromatic heterocycles.